The minimum absolute atomic E-state index is 0.754. The zero-order chi connectivity index (χ0) is 21.2. The van der Waals surface area contributed by atoms with Crippen LogP contribution in [0.4, 0.5) is 17.1 Å². The summed E-state index contributed by atoms with van der Waals surface area (Å²) in [6.45, 7) is 2.97. The molecule has 0 spiro atoms. The van der Waals surface area contributed by atoms with Gasteiger partial charge in [0.15, 0.2) is 0 Å². The van der Waals surface area contributed by atoms with Crippen molar-refractivity contribution >= 4 is 17.1 Å². The second-order valence-corrected chi connectivity index (χ2v) is 7.12. The first-order valence-electron chi connectivity index (χ1n) is 10.4. The monoisotopic (exact) mass is 393 g/mol. The molecule has 0 unspecified atom stereocenters. The summed E-state index contributed by atoms with van der Waals surface area (Å²) in [5.41, 5.74) is 4.79. The molecule has 0 fully saturated rings. The first kappa shape index (κ1) is 21.1. The molecule has 3 rings (SSSR count). The fraction of sp³-hybridized carbons (Fsp3) is 0.214. The number of ether oxygens (including phenoxy) is 1. The van der Waals surface area contributed by atoms with Crippen molar-refractivity contribution in [2.45, 2.75) is 32.6 Å². The molecule has 0 heterocycles. The number of benzene rings is 3. The Morgan fingerprint density at radius 2 is 1.13 bits per heavy atom. The lowest BCUT2D eigenvalue weighted by atomic mass is 10.1. The van der Waals surface area contributed by atoms with Crippen LogP contribution in [-0.2, 0) is 0 Å². The van der Waals surface area contributed by atoms with Crippen LogP contribution in [-0.4, -0.2) is 6.61 Å². The van der Waals surface area contributed by atoms with E-state index >= 15 is 0 Å². The van der Waals surface area contributed by atoms with Gasteiger partial charge in [0, 0.05) is 28.2 Å². The minimum Gasteiger partial charge on any atom is -0.494 e. The molecular formula is C28H27NO. The maximum absolute atomic E-state index is 5.90. The molecule has 0 atom stereocenters. The molecule has 2 heteroatoms. The summed E-state index contributed by atoms with van der Waals surface area (Å²) in [6, 6.07) is 24.1. The molecule has 0 radical (unpaired) electrons. The molecule has 0 amide bonds. The van der Waals surface area contributed by atoms with Crippen molar-refractivity contribution in [2.24, 2.45) is 0 Å². The van der Waals surface area contributed by atoms with Crippen LogP contribution in [0, 0.1) is 24.7 Å². The minimum atomic E-state index is 0.754. The molecule has 0 aliphatic rings. The summed E-state index contributed by atoms with van der Waals surface area (Å²) >= 11 is 0. The smallest absolute Gasteiger partial charge is 0.119 e. The standard InChI is InChI=1S/C28H27NO/c1-4-7-8-9-22-30-28-20-18-27(19-21-28)29(25-14-10-23(5-2)11-15-25)26-16-12-24(6-3)13-17-26/h2-3,10-21H,4,7-9,22H2,1H3. The van der Waals surface area contributed by atoms with Gasteiger partial charge >= 0.3 is 0 Å². The Hall–Kier alpha value is -3.62. The van der Waals surface area contributed by atoms with E-state index in [4.69, 9.17) is 17.6 Å². The van der Waals surface area contributed by atoms with Crippen molar-refractivity contribution in [3.05, 3.63) is 83.9 Å². The van der Waals surface area contributed by atoms with E-state index in [1.54, 1.807) is 0 Å². The lowest BCUT2D eigenvalue weighted by Gasteiger charge is -2.25. The lowest BCUT2D eigenvalue weighted by molar-refractivity contribution is 0.305. The molecule has 0 saturated carbocycles. The maximum atomic E-state index is 5.90. The van der Waals surface area contributed by atoms with Crippen molar-refractivity contribution in [1.82, 2.24) is 0 Å². The SMILES string of the molecule is C#Cc1ccc(N(c2ccc(C#C)cc2)c2ccc(OCCCCCC)cc2)cc1. The van der Waals surface area contributed by atoms with Crippen LogP contribution < -0.4 is 9.64 Å². The summed E-state index contributed by atoms with van der Waals surface area (Å²) in [7, 11) is 0. The van der Waals surface area contributed by atoms with Crippen molar-refractivity contribution in [3.8, 4) is 30.4 Å². The van der Waals surface area contributed by atoms with Crippen molar-refractivity contribution < 1.29 is 4.74 Å². The third-order valence-corrected chi connectivity index (χ3v) is 4.95. The van der Waals surface area contributed by atoms with Gasteiger partial charge in [0.1, 0.15) is 5.75 Å². The molecule has 0 N–H and O–H groups in total. The van der Waals surface area contributed by atoms with Gasteiger partial charge in [-0.1, -0.05) is 38.0 Å². The van der Waals surface area contributed by atoms with Crippen molar-refractivity contribution in [2.75, 3.05) is 11.5 Å². The van der Waals surface area contributed by atoms with E-state index in [1.165, 1.54) is 19.3 Å². The Morgan fingerprint density at radius 3 is 1.57 bits per heavy atom. The molecule has 3 aromatic rings. The van der Waals surface area contributed by atoms with E-state index in [2.05, 4.69) is 35.8 Å². The van der Waals surface area contributed by atoms with Gasteiger partial charge in [-0.3, -0.25) is 0 Å². The second kappa shape index (κ2) is 10.8. The Labute approximate surface area is 180 Å². The van der Waals surface area contributed by atoms with Crippen LogP contribution in [0.1, 0.15) is 43.7 Å². The molecule has 0 aliphatic heterocycles. The Kier molecular flexibility index (Phi) is 7.59. The quantitative estimate of drug-likeness (QED) is 0.284. The van der Waals surface area contributed by atoms with Crippen LogP contribution in [0.3, 0.4) is 0 Å². The van der Waals surface area contributed by atoms with Gasteiger partial charge in [0.2, 0.25) is 0 Å². The topological polar surface area (TPSA) is 12.5 Å². The predicted octanol–water partition coefficient (Wildman–Crippen LogP) is 7.08. The molecule has 2 nitrogen and oxygen atoms in total. The summed E-state index contributed by atoms with van der Waals surface area (Å²) < 4.78 is 5.90. The molecule has 0 bridgehead atoms. The zero-order valence-electron chi connectivity index (χ0n) is 17.5. The fourth-order valence-electron chi connectivity index (χ4n) is 3.27. The first-order valence-corrected chi connectivity index (χ1v) is 10.4. The Bertz CT molecular complexity index is 945. The van der Waals surface area contributed by atoms with E-state index in [0.29, 0.717) is 0 Å². The lowest BCUT2D eigenvalue weighted by Crippen LogP contribution is -2.10. The van der Waals surface area contributed by atoms with Gasteiger partial charge in [0.05, 0.1) is 6.61 Å². The number of rotatable bonds is 9. The Morgan fingerprint density at radius 1 is 0.667 bits per heavy atom. The third-order valence-electron chi connectivity index (χ3n) is 4.95. The third kappa shape index (κ3) is 5.47. The maximum Gasteiger partial charge on any atom is 0.119 e. The summed E-state index contributed by atoms with van der Waals surface area (Å²) in [5, 5.41) is 0. The van der Waals surface area contributed by atoms with E-state index in [0.717, 1.165) is 47.0 Å². The molecule has 3 aromatic carbocycles. The van der Waals surface area contributed by atoms with E-state index < -0.39 is 0 Å². The van der Waals surface area contributed by atoms with E-state index in [-0.39, 0.29) is 0 Å². The number of unbranched alkanes of at least 4 members (excludes halogenated alkanes) is 3. The normalized spacial score (nSPS) is 10.1. The molecular weight excluding hydrogens is 366 g/mol. The van der Waals surface area contributed by atoms with Crippen LogP contribution in [0.5, 0.6) is 5.75 Å². The highest BCUT2D eigenvalue weighted by Gasteiger charge is 2.12. The number of terminal acetylenes is 2. The predicted molar refractivity (Wildman–Crippen MR) is 127 cm³/mol. The number of nitrogens with zero attached hydrogens (tertiary/aromatic N) is 1. The highest BCUT2D eigenvalue weighted by Crippen LogP contribution is 2.35. The van der Waals surface area contributed by atoms with Gasteiger partial charge in [-0.05, 0) is 79.2 Å². The fourth-order valence-corrected chi connectivity index (χ4v) is 3.27. The molecule has 0 aliphatic carbocycles. The van der Waals surface area contributed by atoms with E-state index in [1.807, 2.05) is 60.7 Å². The van der Waals surface area contributed by atoms with Crippen LogP contribution in [0.2, 0.25) is 0 Å². The Balaban J connectivity index is 1.84. The van der Waals surface area contributed by atoms with Crippen molar-refractivity contribution in [3.63, 3.8) is 0 Å². The molecule has 0 aromatic heterocycles. The largest absolute Gasteiger partial charge is 0.494 e. The zero-order valence-corrected chi connectivity index (χ0v) is 17.5. The summed E-state index contributed by atoms with van der Waals surface area (Å²) in [6.07, 6.45) is 15.8. The van der Waals surface area contributed by atoms with Gasteiger partial charge in [-0.2, -0.15) is 0 Å². The average molecular weight is 394 g/mol. The van der Waals surface area contributed by atoms with Crippen molar-refractivity contribution in [1.29, 1.82) is 0 Å². The second-order valence-electron chi connectivity index (χ2n) is 7.12. The molecule has 0 saturated heterocycles. The van der Waals surface area contributed by atoms with Crippen LogP contribution >= 0.6 is 0 Å². The highest BCUT2D eigenvalue weighted by atomic mass is 16.5. The van der Waals surface area contributed by atoms with Gasteiger partial charge in [-0.15, -0.1) is 12.8 Å². The number of hydrogen-bond donors (Lipinski definition) is 0. The average Bonchev–Trinajstić information content (AvgIpc) is 2.81. The summed E-state index contributed by atoms with van der Waals surface area (Å²) in [5.74, 6) is 6.23. The first-order chi connectivity index (χ1) is 14.7. The van der Waals surface area contributed by atoms with Gasteiger partial charge in [-0.25, -0.2) is 0 Å². The number of hydrogen-bond acceptors (Lipinski definition) is 2. The van der Waals surface area contributed by atoms with Crippen LogP contribution in [0.25, 0.3) is 0 Å². The summed E-state index contributed by atoms with van der Waals surface area (Å²) in [4.78, 5) is 2.17. The van der Waals surface area contributed by atoms with Crippen LogP contribution in [0.15, 0.2) is 72.8 Å². The molecule has 150 valence electrons. The van der Waals surface area contributed by atoms with Gasteiger partial charge in [0.25, 0.3) is 0 Å². The number of anilines is 3. The highest BCUT2D eigenvalue weighted by molar-refractivity contribution is 5.77. The van der Waals surface area contributed by atoms with E-state index in [9.17, 15) is 0 Å². The molecule has 30 heavy (non-hydrogen) atoms. The van der Waals surface area contributed by atoms with Gasteiger partial charge < -0.3 is 9.64 Å².